The van der Waals surface area contributed by atoms with E-state index in [4.69, 9.17) is 11.6 Å². The summed E-state index contributed by atoms with van der Waals surface area (Å²) in [5.41, 5.74) is 1.18. The second-order valence-corrected chi connectivity index (χ2v) is 5.05. The van der Waals surface area contributed by atoms with Gasteiger partial charge in [0.1, 0.15) is 5.82 Å². The Morgan fingerprint density at radius 3 is 2.73 bits per heavy atom. The average Bonchev–Trinajstić information content (AvgIpc) is 2.22. The number of halogens is 2. The van der Waals surface area contributed by atoms with Gasteiger partial charge in [0.2, 0.25) is 0 Å². The number of nitrogens with one attached hydrogen (secondary N) is 1. The third-order valence-corrected chi connectivity index (χ3v) is 3.84. The minimum absolute atomic E-state index is 0.329. The summed E-state index contributed by atoms with van der Waals surface area (Å²) in [4.78, 5) is 4.29. The third-order valence-electron chi connectivity index (χ3n) is 2.52. The number of aromatic nitrogens is 1. The maximum Gasteiger partial charge on any atom is 0.126 e. The molecule has 4 heteroatoms. The molecule has 0 saturated carbocycles. The molecule has 0 spiro atoms. The summed E-state index contributed by atoms with van der Waals surface area (Å²) in [5, 5.41) is 3.34. The monoisotopic (exact) mass is 290 g/mol. The van der Waals surface area contributed by atoms with Crippen molar-refractivity contribution < 1.29 is 0 Å². The van der Waals surface area contributed by atoms with Gasteiger partial charge in [-0.25, -0.2) is 4.98 Å². The smallest absolute Gasteiger partial charge is 0.126 e. The highest BCUT2D eigenvalue weighted by Gasteiger charge is 2.11. The minimum Gasteiger partial charge on any atom is -0.367 e. The van der Waals surface area contributed by atoms with E-state index in [0.29, 0.717) is 17.8 Å². The number of pyridine rings is 1. The van der Waals surface area contributed by atoms with Gasteiger partial charge in [0.25, 0.3) is 0 Å². The molecular formula is C11H16BrClN2. The van der Waals surface area contributed by atoms with Crippen LogP contribution in [0.2, 0.25) is 0 Å². The van der Waals surface area contributed by atoms with Crippen molar-refractivity contribution >= 4 is 33.3 Å². The Balaban J connectivity index is 2.68. The van der Waals surface area contributed by atoms with Gasteiger partial charge >= 0.3 is 0 Å². The molecule has 84 valence electrons. The van der Waals surface area contributed by atoms with Crippen molar-refractivity contribution in [3.05, 3.63) is 22.3 Å². The zero-order chi connectivity index (χ0) is 11.4. The van der Waals surface area contributed by atoms with Gasteiger partial charge in [0.05, 0.1) is 0 Å². The maximum atomic E-state index is 5.80. The number of nitrogens with zero attached hydrogens (tertiary/aromatic N) is 1. The van der Waals surface area contributed by atoms with Crippen LogP contribution in [0, 0.1) is 12.8 Å². The summed E-state index contributed by atoms with van der Waals surface area (Å²) in [5.74, 6) is 1.99. The number of hydrogen-bond acceptors (Lipinski definition) is 2. The first-order valence-corrected chi connectivity index (χ1v) is 6.32. The van der Waals surface area contributed by atoms with E-state index in [9.17, 15) is 0 Å². The Hall–Kier alpha value is -0.280. The number of alkyl halides is 1. The van der Waals surface area contributed by atoms with E-state index in [2.05, 4.69) is 40.1 Å². The highest BCUT2D eigenvalue weighted by molar-refractivity contribution is 9.10. The van der Waals surface area contributed by atoms with Crippen LogP contribution in [0.5, 0.6) is 0 Å². The van der Waals surface area contributed by atoms with E-state index < -0.39 is 0 Å². The molecule has 0 fully saturated rings. The largest absolute Gasteiger partial charge is 0.367 e. The topological polar surface area (TPSA) is 24.9 Å². The predicted octanol–water partition coefficient (Wildman–Crippen LogP) is 3.83. The molecule has 2 nitrogen and oxygen atoms in total. The van der Waals surface area contributed by atoms with Gasteiger partial charge in [-0.05, 0) is 47.3 Å². The van der Waals surface area contributed by atoms with Crippen LogP contribution < -0.4 is 5.32 Å². The fraction of sp³-hybridized carbons (Fsp3) is 0.545. The van der Waals surface area contributed by atoms with Crippen molar-refractivity contribution in [1.82, 2.24) is 4.98 Å². The molecule has 0 amide bonds. The van der Waals surface area contributed by atoms with E-state index in [0.717, 1.165) is 10.3 Å². The summed E-state index contributed by atoms with van der Waals surface area (Å²) in [6, 6.07) is 2.36. The minimum atomic E-state index is 0.329. The molecule has 2 unspecified atom stereocenters. The molecule has 1 rings (SSSR count). The fourth-order valence-corrected chi connectivity index (χ4v) is 1.61. The van der Waals surface area contributed by atoms with Crippen LogP contribution in [0.25, 0.3) is 0 Å². The lowest BCUT2D eigenvalue weighted by molar-refractivity contribution is 0.564. The summed E-state index contributed by atoms with van der Waals surface area (Å²) < 4.78 is 1.03. The van der Waals surface area contributed by atoms with Gasteiger partial charge in [-0.3, -0.25) is 0 Å². The molecule has 2 atom stereocenters. The highest BCUT2D eigenvalue weighted by Crippen LogP contribution is 2.19. The van der Waals surface area contributed by atoms with Gasteiger partial charge in [0, 0.05) is 22.6 Å². The summed E-state index contributed by atoms with van der Waals surface area (Å²) in [7, 11) is 0. The van der Waals surface area contributed by atoms with Gasteiger partial charge in [-0.1, -0.05) is 6.92 Å². The highest BCUT2D eigenvalue weighted by atomic mass is 79.9. The first-order chi connectivity index (χ1) is 7.04. The molecule has 0 aliphatic heterocycles. The zero-order valence-corrected chi connectivity index (χ0v) is 11.6. The summed E-state index contributed by atoms with van der Waals surface area (Å²) in [6.45, 7) is 6.29. The Bertz CT molecular complexity index is 330. The molecule has 1 heterocycles. The lowest BCUT2D eigenvalue weighted by Crippen LogP contribution is -2.25. The van der Waals surface area contributed by atoms with Crippen molar-refractivity contribution in [3.8, 4) is 0 Å². The standard InChI is InChI=1S/C11H16BrClN2/c1-7-4-11(14-6-10(7)12)15-9(3)8(2)5-13/h4,6,8-9H,5H2,1-3H3,(H,14,15). The molecule has 0 aromatic carbocycles. The van der Waals surface area contributed by atoms with Gasteiger partial charge in [-0.2, -0.15) is 0 Å². The average molecular weight is 292 g/mol. The first-order valence-electron chi connectivity index (χ1n) is 4.99. The third kappa shape index (κ3) is 3.65. The molecule has 1 N–H and O–H groups in total. The quantitative estimate of drug-likeness (QED) is 0.853. The molecule has 0 bridgehead atoms. The van der Waals surface area contributed by atoms with Crippen LogP contribution in [0.15, 0.2) is 16.7 Å². The van der Waals surface area contributed by atoms with Crippen LogP contribution in [-0.2, 0) is 0 Å². The van der Waals surface area contributed by atoms with Crippen LogP contribution in [-0.4, -0.2) is 16.9 Å². The number of anilines is 1. The zero-order valence-electron chi connectivity index (χ0n) is 9.22. The fourth-order valence-electron chi connectivity index (χ4n) is 1.13. The molecule has 1 aromatic heterocycles. The van der Waals surface area contributed by atoms with E-state index in [1.54, 1.807) is 0 Å². The molecule has 0 saturated heterocycles. The second-order valence-electron chi connectivity index (χ2n) is 3.88. The molecule has 1 aromatic rings. The van der Waals surface area contributed by atoms with Crippen LogP contribution in [0.1, 0.15) is 19.4 Å². The van der Waals surface area contributed by atoms with E-state index >= 15 is 0 Å². The predicted molar refractivity (Wildman–Crippen MR) is 69.6 cm³/mol. The maximum absolute atomic E-state index is 5.80. The van der Waals surface area contributed by atoms with Gasteiger partial charge in [-0.15, -0.1) is 11.6 Å². The van der Waals surface area contributed by atoms with Crippen molar-refractivity contribution in [3.63, 3.8) is 0 Å². The van der Waals surface area contributed by atoms with Gasteiger partial charge in [0.15, 0.2) is 0 Å². The van der Waals surface area contributed by atoms with Crippen molar-refractivity contribution in [2.24, 2.45) is 5.92 Å². The molecule has 0 aliphatic rings. The second kappa shape index (κ2) is 5.71. The Morgan fingerprint density at radius 2 is 2.20 bits per heavy atom. The Morgan fingerprint density at radius 1 is 1.53 bits per heavy atom. The summed E-state index contributed by atoms with van der Waals surface area (Å²) >= 11 is 9.23. The SMILES string of the molecule is Cc1cc(NC(C)C(C)CCl)ncc1Br. The van der Waals surface area contributed by atoms with E-state index in [1.807, 2.05) is 19.2 Å². The normalized spacial score (nSPS) is 14.7. The Kier molecular flexibility index (Phi) is 4.87. The van der Waals surface area contributed by atoms with Crippen molar-refractivity contribution in [2.75, 3.05) is 11.2 Å². The summed E-state index contributed by atoms with van der Waals surface area (Å²) in [6.07, 6.45) is 1.82. The lowest BCUT2D eigenvalue weighted by Gasteiger charge is -2.19. The van der Waals surface area contributed by atoms with Crippen molar-refractivity contribution in [1.29, 1.82) is 0 Å². The number of rotatable bonds is 4. The Labute approximate surface area is 105 Å². The van der Waals surface area contributed by atoms with E-state index in [-0.39, 0.29) is 0 Å². The van der Waals surface area contributed by atoms with Crippen LogP contribution in [0.3, 0.4) is 0 Å². The van der Waals surface area contributed by atoms with Crippen LogP contribution in [0.4, 0.5) is 5.82 Å². The lowest BCUT2D eigenvalue weighted by atomic mass is 10.1. The molecular weight excluding hydrogens is 275 g/mol. The molecule has 15 heavy (non-hydrogen) atoms. The van der Waals surface area contributed by atoms with Crippen LogP contribution >= 0.6 is 27.5 Å². The van der Waals surface area contributed by atoms with Gasteiger partial charge < -0.3 is 5.32 Å². The number of aryl methyl sites for hydroxylation is 1. The number of hydrogen-bond donors (Lipinski definition) is 1. The molecule has 0 aliphatic carbocycles. The van der Waals surface area contributed by atoms with Crippen molar-refractivity contribution in [2.45, 2.75) is 26.8 Å². The molecule has 0 radical (unpaired) electrons. The van der Waals surface area contributed by atoms with E-state index in [1.165, 1.54) is 5.56 Å². The first kappa shape index (κ1) is 12.8.